The van der Waals surface area contributed by atoms with Gasteiger partial charge in [-0.1, -0.05) is 19.4 Å². The number of hydrogen-bond acceptors (Lipinski definition) is 4. The zero-order valence-corrected chi connectivity index (χ0v) is 15.5. The van der Waals surface area contributed by atoms with E-state index in [1.54, 1.807) is 42.9 Å². The van der Waals surface area contributed by atoms with Gasteiger partial charge < -0.3 is 5.32 Å². The molecule has 8 heteroatoms. The first kappa shape index (κ1) is 19.1. The standard InChI is InChI=1S/C17H24N4O3S/c1-4-5-11-21-16(9-10-18-21)19-17(22)14-7-6-8-15(12-14)25(23,24)20-13(2)3/h6-10,12-13,20H,4-5,11H2,1-3H3,(H,19,22). The lowest BCUT2D eigenvalue weighted by Crippen LogP contribution is -2.30. The number of nitrogens with one attached hydrogen (secondary N) is 2. The summed E-state index contributed by atoms with van der Waals surface area (Å²) in [4.78, 5) is 12.5. The van der Waals surface area contributed by atoms with Crippen LogP contribution in [0.15, 0.2) is 41.4 Å². The second-order valence-electron chi connectivity index (χ2n) is 6.05. The molecule has 0 saturated carbocycles. The first-order valence-corrected chi connectivity index (χ1v) is 9.77. The number of hydrogen-bond donors (Lipinski definition) is 2. The smallest absolute Gasteiger partial charge is 0.256 e. The molecule has 0 atom stereocenters. The van der Waals surface area contributed by atoms with Crippen molar-refractivity contribution in [1.82, 2.24) is 14.5 Å². The van der Waals surface area contributed by atoms with Crippen LogP contribution in [0.25, 0.3) is 0 Å². The Kier molecular flexibility index (Phi) is 6.33. The van der Waals surface area contributed by atoms with Crippen LogP contribution in [0.4, 0.5) is 5.82 Å². The van der Waals surface area contributed by atoms with E-state index in [1.165, 1.54) is 12.1 Å². The summed E-state index contributed by atoms with van der Waals surface area (Å²) in [6.45, 7) is 6.28. The average Bonchev–Trinajstić information content (AvgIpc) is 2.99. The van der Waals surface area contributed by atoms with E-state index in [0.29, 0.717) is 12.4 Å². The van der Waals surface area contributed by atoms with Crippen molar-refractivity contribution in [2.75, 3.05) is 5.32 Å². The summed E-state index contributed by atoms with van der Waals surface area (Å²) in [6.07, 6.45) is 3.61. The van der Waals surface area contributed by atoms with E-state index >= 15 is 0 Å². The Morgan fingerprint density at radius 2 is 2.04 bits per heavy atom. The number of benzene rings is 1. The Hall–Kier alpha value is -2.19. The van der Waals surface area contributed by atoms with E-state index in [9.17, 15) is 13.2 Å². The average molecular weight is 364 g/mol. The molecule has 2 aromatic rings. The highest BCUT2D eigenvalue weighted by Gasteiger charge is 2.17. The molecule has 0 fully saturated rings. The van der Waals surface area contributed by atoms with Gasteiger partial charge in [0.05, 0.1) is 11.1 Å². The number of amides is 1. The largest absolute Gasteiger partial charge is 0.307 e. The normalized spacial score (nSPS) is 11.7. The van der Waals surface area contributed by atoms with Gasteiger partial charge in [0.15, 0.2) is 0 Å². The third-order valence-electron chi connectivity index (χ3n) is 3.48. The fourth-order valence-electron chi connectivity index (χ4n) is 2.30. The van der Waals surface area contributed by atoms with Crippen LogP contribution in [0.1, 0.15) is 44.0 Å². The lowest BCUT2D eigenvalue weighted by atomic mass is 10.2. The molecule has 25 heavy (non-hydrogen) atoms. The number of aromatic nitrogens is 2. The highest BCUT2D eigenvalue weighted by Crippen LogP contribution is 2.15. The lowest BCUT2D eigenvalue weighted by Gasteiger charge is -2.11. The van der Waals surface area contributed by atoms with Gasteiger partial charge in [-0.2, -0.15) is 5.10 Å². The van der Waals surface area contributed by atoms with Crippen LogP contribution in [0.5, 0.6) is 0 Å². The van der Waals surface area contributed by atoms with Gasteiger partial charge in [-0.05, 0) is 38.5 Å². The number of unbranched alkanes of at least 4 members (excludes halogenated alkanes) is 1. The van der Waals surface area contributed by atoms with E-state index in [0.717, 1.165) is 12.8 Å². The first-order valence-electron chi connectivity index (χ1n) is 8.29. The molecule has 1 aromatic heterocycles. The molecule has 1 aromatic carbocycles. The molecule has 0 spiro atoms. The molecule has 0 saturated heterocycles. The second-order valence-corrected chi connectivity index (χ2v) is 7.77. The Morgan fingerprint density at radius 3 is 2.72 bits per heavy atom. The predicted molar refractivity (Wildman–Crippen MR) is 97.0 cm³/mol. The van der Waals surface area contributed by atoms with Crippen LogP contribution in [0, 0.1) is 0 Å². The van der Waals surface area contributed by atoms with Crippen LogP contribution in [0.2, 0.25) is 0 Å². The molecular formula is C17H24N4O3S. The molecule has 1 amide bonds. The van der Waals surface area contributed by atoms with E-state index in [4.69, 9.17) is 0 Å². The second kappa shape index (κ2) is 8.26. The maximum Gasteiger partial charge on any atom is 0.256 e. The minimum Gasteiger partial charge on any atom is -0.307 e. The summed E-state index contributed by atoms with van der Waals surface area (Å²) in [7, 11) is -3.65. The summed E-state index contributed by atoms with van der Waals surface area (Å²) in [5.74, 6) is 0.215. The number of nitrogens with zero attached hydrogens (tertiary/aromatic N) is 2. The molecule has 1 heterocycles. The highest BCUT2D eigenvalue weighted by molar-refractivity contribution is 7.89. The van der Waals surface area contributed by atoms with Crippen molar-refractivity contribution in [1.29, 1.82) is 0 Å². The van der Waals surface area contributed by atoms with Crippen LogP contribution < -0.4 is 10.0 Å². The van der Waals surface area contributed by atoms with Crippen molar-refractivity contribution in [2.45, 2.75) is 51.1 Å². The summed E-state index contributed by atoms with van der Waals surface area (Å²) < 4.78 is 28.7. The third-order valence-corrected chi connectivity index (χ3v) is 5.14. The molecule has 0 aliphatic heterocycles. The molecule has 2 N–H and O–H groups in total. The molecule has 136 valence electrons. The Balaban J connectivity index is 2.18. The van der Waals surface area contributed by atoms with Gasteiger partial charge >= 0.3 is 0 Å². The van der Waals surface area contributed by atoms with Gasteiger partial charge in [0.25, 0.3) is 5.91 Å². The SMILES string of the molecule is CCCCn1nccc1NC(=O)c1cccc(S(=O)(=O)NC(C)C)c1. The highest BCUT2D eigenvalue weighted by atomic mass is 32.2. The van der Waals surface area contributed by atoms with Crippen LogP contribution in [-0.2, 0) is 16.6 Å². The first-order chi connectivity index (χ1) is 11.8. The lowest BCUT2D eigenvalue weighted by molar-refractivity contribution is 0.102. The van der Waals surface area contributed by atoms with Gasteiger partial charge in [0.1, 0.15) is 5.82 Å². The van der Waals surface area contributed by atoms with Crippen molar-refractivity contribution in [3.8, 4) is 0 Å². The third kappa shape index (κ3) is 5.14. The zero-order chi connectivity index (χ0) is 18.4. The zero-order valence-electron chi connectivity index (χ0n) is 14.7. The van der Waals surface area contributed by atoms with Gasteiger partial charge in [-0.25, -0.2) is 17.8 Å². The van der Waals surface area contributed by atoms with Gasteiger partial charge in [-0.15, -0.1) is 0 Å². The van der Waals surface area contributed by atoms with E-state index in [-0.39, 0.29) is 22.4 Å². The molecule has 0 radical (unpaired) electrons. The van der Waals surface area contributed by atoms with Crippen molar-refractivity contribution in [3.05, 3.63) is 42.1 Å². The predicted octanol–water partition coefficient (Wildman–Crippen LogP) is 2.62. The maximum absolute atomic E-state index is 12.5. The maximum atomic E-state index is 12.5. The number of rotatable bonds is 8. The quantitative estimate of drug-likeness (QED) is 0.753. The number of carbonyl (C=O) groups is 1. The molecular weight excluding hydrogens is 340 g/mol. The van der Waals surface area contributed by atoms with Crippen LogP contribution >= 0.6 is 0 Å². The fraction of sp³-hybridized carbons (Fsp3) is 0.412. The molecule has 7 nitrogen and oxygen atoms in total. The summed E-state index contributed by atoms with van der Waals surface area (Å²) >= 11 is 0. The summed E-state index contributed by atoms with van der Waals surface area (Å²) in [5.41, 5.74) is 0.273. The topological polar surface area (TPSA) is 93.1 Å². The number of aryl methyl sites for hydroxylation is 1. The van der Waals surface area contributed by atoms with Crippen molar-refractivity contribution < 1.29 is 13.2 Å². The minimum atomic E-state index is -3.65. The van der Waals surface area contributed by atoms with Gasteiger partial charge in [-0.3, -0.25) is 4.79 Å². The molecule has 0 unspecified atom stereocenters. The van der Waals surface area contributed by atoms with Crippen molar-refractivity contribution in [3.63, 3.8) is 0 Å². The Bertz CT molecular complexity index is 828. The fourth-order valence-corrected chi connectivity index (χ4v) is 3.59. The molecule has 0 aliphatic rings. The minimum absolute atomic E-state index is 0.0633. The molecule has 0 bridgehead atoms. The van der Waals surface area contributed by atoms with Crippen molar-refractivity contribution in [2.24, 2.45) is 0 Å². The van der Waals surface area contributed by atoms with Crippen LogP contribution in [0.3, 0.4) is 0 Å². The van der Waals surface area contributed by atoms with Crippen LogP contribution in [-0.4, -0.2) is 30.1 Å². The van der Waals surface area contributed by atoms with E-state index in [2.05, 4.69) is 22.1 Å². The molecule has 2 rings (SSSR count). The number of sulfonamides is 1. The molecule has 0 aliphatic carbocycles. The van der Waals surface area contributed by atoms with Crippen molar-refractivity contribution >= 4 is 21.7 Å². The Morgan fingerprint density at radius 1 is 1.28 bits per heavy atom. The summed E-state index contributed by atoms with van der Waals surface area (Å²) in [6, 6.07) is 7.46. The monoisotopic (exact) mass is 364 g/mol. The van der Waals surface area contributed by atoms with Gasteiger partial charge in [0.2, 0.25) is 10.0 Å². The van der Waals surface area contributed by atoms with E-state index < -0.39 is 10.0 Å². The van der Waals surface area contributed by atoms with E-state index in [1.807, 2.05) is 0 Å². The van der Waals surface area contributed by atoms with Gasteiger partial charge in [0, 0.05) is 24.2 Å². The summed E-state index contributed by atoms with van der Waals surface area (Å²) in [5, 5.41) is 6.97. The Labute approximate surface area is 148 Å². The number of carbonyl (C=O) groups excluding carboxylic acids is 1. The number of anilines is 1.